The van der Waals surface area contributed by atoms with Gasteiger partial charge in [0, 0.05) is 0 Å². The van der Waals surface area contributed by atoms with Crippen LogP contribution in [0.3, 0.4) is 0 Å². The SMILES string of the molecule is CN(C)C1CC(C(C)(C)C)CCC1=NO. The van der Waals surface area contributed by atoms with Gasteiger partial charge in [0.25, 0.3) is 0 Å². The zero-order chi connectivity index (χ0) is 11.6. The Kier molecular flexibility index (Phi) is 3.77. The van der Waals surface area contributed by atoms with Gasteiger partial charge in [-0.25, -0.2) is 0 Å². The topological polar surface area (TPSA) is 35.8 Å². The van der Waals surface area contributed by atoms with Crippen LogP contribution in [0.1, 0.15) is 40.0 Å². The van der Waals surface area contributed by atoms with Crippen LogP contribution >= 0.6 is 0 Å². The van der Waals surface area contributed by atoms with Crippen LogP contribution in [0.25, 0.3) is 0 Å². The van der Waals surface area contributed by atoms with Crippen molar-refractivity contribution in [2.24, 2.45) is 16.5 Å². The van der Waals surface area contributed by atoms with E-state index in [0.717, 1.165) is 30.9 Å². The van der Waals surface area contributed by atoms with E-state index in [0.29, 0.717) is 11.5 Å². The molecule has 0 aliphatic heterocycles. The molecule has 0 aromatic heterocycles. The van der Waals surface area contributed by atoms with Gasteiger partial charge in [-0.1, -0.05) is 25.9 Å². The Morgan fingerprint density at radius 2 is 1.93 bits per heavy atom. The first-order valence-electron chi connectivity index (χ1n) is 5.73. The first-order valence-corrected chi connectivity index (χ1v) is 5.73. The third kappa shape index (κ3) is 2.94. The fraction of sp³-hybridized carbons (Fsp3) is 0.917. The van der Waals surface area contributed by atoms with E-state index in [2.05, 4.69) is 44.9 Å². The van der Waals surface area contributed by atoms with Crippen LogP contribution in [0.5, 0.6) is 0 Å². The van der Waals surface area contributed by atoms with Crippen LogP contribution in [-0.2, 0) is 0 Å². The van der Waals surface area contributed by atoms with Crippen molar-refractivity contribution in [3.05, 3.63) is 0 Å². The maximum atomic E-state index is 8.96. The lowest BCUT2D eigenvalue weighted by Crippen LogP contribution is -2.43. The summed E-state index contributed by atoms with van der Waals surface area (Å²) < 4.78 is 0. The second-order valence-electron chi connectivity index (χ2n) is 5.91. The second-order valence-corrected chi connectivity index (χ2v) is 5.91. The summed E-state index contributed by atoms with van der Waals surface area (Å²) in [4.78, 5) is 2.16. The van der Waals surface area contributed by atoms with E-state index in [1.54, 1.807) is 0 Å². The zero-order valence-corrected chi connectivity index (χ0v) is 10.6. The summed E-state index contributed by atoms with van der Waals surface area (Å²) in [5.41, 5.74) is 1.30. The van der Waals surface area contributed by atoms with E-state index in [1.165, 1.54) is 0 Å². The van der Waals surface area contributed by atoms with Gasteiger partial charge in [-0.3, -0.25) is 0 Å². The van der Waals surface area contributed by atoms with Crippen LogP contribution in [0.2, 0.25) is 0 Å². The minimum atomic E-state index is 0.313. The lowest BCUT2D eigenvalue weighted by atomic mass is 9.70. The standard InChI is InChI=1S/C12H24N2O/c1-12(2,3)9-6-7-10(13-15)11(8-9)14(4)5/h9,11,15H,6-8H2,1-5H3. The van der Waals surface area contributed by atoms with Crippen molar-refractivity contribution in [3.8, 4) is 0 Å². The van der Waals surface area contributed by atoms with Crippen molar-refractivity contribution in [1.29, 1.82) is 0 Å². The molecule has 1 aliphatic carbocycles. The molecular weight excluding hydrogens is 188 g/mol. The molecule has 1 rings (SSSR count). The maximum absolute atomic E-state index is 8.96. The summed E-state index contributed by atoms with van der Waals surface area (Å²) in [6.45, 7) is 6.89. The molecule has 1 fully saturated rings. The Bertz CT molecular complexity index is 240. The molecule has 3 nitrogen and oxygen atoms in total. The van der Waals surface area contributed by atoms with Gasteiger partial charge in [0.05, 0.1) is 11.8 Å². The number of hydrogen-bond donors (Lipinski definition) is 1. The molecule has 0 heterocycles. The van der Waals surface area contributed by atoms with Crippen molar-refractivity contribution < 1.29 is 5.21 Å². The number of nitrogens with zero attached hydrogens (tertiary/aromatic N) is 2. The normalized spacial score (nSPS) is 31.2. The smallest absolute Gasteiger partial charge is 0.0741 e. The summed E-state index contributed by atoms with van der Waals surface area (Å²) in [5.74, 6) is 0.718. The minimum Gasteiger partial charge on any atom is -0.411 e. The van der Waals surface area contributed by atoms with Gasteiger partial charge in [0.2, 0.25) is 0 Å². The quantitative estimate of drug-likeness (QED) is 0.535. The Hall–Kier alpha value is -0.570. The van der Waals surface area contributed by atoms with Crippen LogP contribution in [-0.4, -0.2) is 36.0 Å². The maximum Gasteiger partial charge on any atom is 0.0741 e. The third-order valence-electron chi connectivity index (χ3n) is 3.62. The lowest BCUT2D eigenvalue weighted by Gasteiger charge is -2.40. The highest BCUT2D eigenvalue weighted by molar-refractivity contribution is 5.89. The van der Waals surface area contributed by atoms with E-state index in [1.807, 2.05) is 0 Å². The van der Waals surface area contributed by atoms with Gasteiger partial charge >= 0.3 is 0 Å². The van der Waals surface area contributed by atoms with E-state index < -0.39 is 0 Å². The largest absolute Gasteiger partial charge is 0.411 e. The Morgan fingerprint density at radius 3 is 2.33 bits per heavy atom. The molecule has 2 unspecified atom stereocenters. The fourth-order valence-electron chi connectivity index (χ4n) is 2.42. The molecule has 0 saturated heterocycles. The first kappa shape index (κ1) is 12.5. The van der Waals surface area contributed by atoms with Crippen molar-refractivity contribution in [3.63, 3.8) is 0 Å². The molecule has 2 atom stereocenters. The Labute approximate surface area is 93.2 Å². The van der Waals surface area contributed by atoms with E-state index in [-0.39, 0.29) is 0 Å². The van der Waals surface area contributed by atoms with Crippen LogP contribution in [0.15, 0.2) is 5.16 Å². The predicted molar refractivity (Wildman–Crippen MR) is 63.5 cm³/mol. The molecule has 15 heavy (non-hydrogen) atoms. The van der Waals surface area contributed by atoms with E-state index >= 15 is 0 Å². The molecule has 0 aromatic carbocycles. The number of oxime groups is 1. The molecular formula is C12H24N2O. The van der Waals surface area contributed by atoms with E-state index in [9.17, 15) is 0 Å². The van der Waals surface area contributed by atoms with Gasteiger partial charge < -0.3 is 10.1 Å². The molecule has 88 valence electrons. The summed E-state index contributed by atoms with van der Waals surface area (Å²) in [6.07, 6.45) is 3.18. The highest BCUT2D eigenvalue weighted by atomic mass is 16.4. The van der Waals surface area contributed by atoms with Crippen LogP contribution in [0.4, 0.5) is 0 Å². The fourth-order valence-corrected chi connectivity index (χ4v) is 2.42. The first-order chi connectivity index (χ1) is 6.86. The molecule has 1 N–H and O–H groups in total. The number of hydrogen-bond acceptors (Lipinski definition) is 3. The highest BCUT2D eigenvalue weighted by Gasteiger charge is 2.34. The molecule has 3 heteroatoms. The third-order valence-corrected chi connectivity index (χ3v) is 3.62. The van der Waals surface area contributed by atoms with Gasteiger partial charge in [0.1, 0.15) is 0 Å². The number of rotatable bonds is 1. The monoisotopic (exact) mass is 212 g/mol. The molecule has 0 bridgehead atoms. The molecule has 0 amide bonds. The minimum absolute atomic E-state index is 0.313. The van der Waals surface area contributed by atoms with Crippen molar-refractivity contribution >= 4 is 5.71 Å². The highest BCUT2D eigenvalue weighted by Crippen LogP contribution is 2.37. The summed E-state index contributed by atoms with van der Waals surface area (Å²) >= 11 is 0. The predicted octanol–water partition coefficient (Wildman–Crippen LogP) is 2.59. The molecule has 0 spiro atoms. The molecule has 1 saturated carbocycles. The average molecular weight is 212 g/mol. The van der Waals surface area contributed by atoms with Crippen molar-refractivity contribution in [2.45, 2.75) is 46.1 Å². The molecule has 0 aromatic rings. The van der Waals surface area contributed by atoms with Gasteiger partial charge in [-0.15, -0.1) is 0 Å². The Morgan fingerprint density at radius 1 is 1.33 bits per heavy atom. The Balaban J connectivity index is 2.75. The van der Waals surface area contributed by atoms with Gasteiger partial charge in [-0.2, -0.15) is 0 Å². The lowest BCUT2D eigenvalue weighted by molar-refractivity contribution is 0.160. The summed E-state index contributed by atoms with van der Waals surface area (Å²) in [7, 11) is 4.11. The van der Waals surface area contributed by atoms with Crippen LogP contribution < -0.4 is 0 Å². The molecule has 0 radical (unpaired) electrons. The molecule has 1 aliphatic rings. The van der Waals surface area contributed by atoms with Crippen molar-refractivity contribution in [1.82, 2.24) is 4.90 Å². The summed E-state index contributed by atoms with van der Waals surface area (Å²) in [6, 6.07) is 0.313. The second kappa shape index (κ2) is 4.52. The van der Waals surface area contributed by atoms with Crippen molar-refractivity contribution in [2.75, 3.05) is 14.1 Å². The van der Waals surface area contributed by atoms with Gasteiger partial charge in [-0.05, 0) is 44.7 Å². The zero-order valence-electron chi connectivity index (χ0n) is 10.6. The van der Waals surface area contributed by atoms with Crippen LogP contribution in [0, 0.1) is 11.3 Å². The average Bonchev–Trinajstić information content (AvgIpc) is 2.15. The summed E-state index contributed by atoms with van der Waals surface area (Å²) in [5, 5.41) is 12.4. The van der Waals surface area contributed by atoms with Gasteiger partial charge in [0.15, 0.2) is 0 Å². The van der Waals surface area contributed by atoms with E-state index in [4.69, 9.17) is 5.21 Å².